The first kappa shape index (κ1) is 12.1. The van der Waals surface area contributed by atoms with Crippen LogP contribution in [0.3, 0.4) is 0 Å². The van der Waals surface area contributed by atoms with E-state index < -0.39 is 22.4 Å². The van der Waals surface area contributed by atoms with Gasteiger partial charge in [0.1, 0.15) is 0 Å². The van der Waals surface area contributed by atoms with Gasteiger partial charge in [0.05, 0.1) is 12.1 Å². The molecule has 2 aliphatic rings. The Morgan fingerprint density at radius 1 is 1.17 bits per heavy atom. The van der Waals surface area contributed by atoms with E-state index in [2.05, 4.69) is 9.44 Å². The van der Waals surface area contributed by atoms with Crippen LogP contribution in [0.2, 0.25) is 0 Å². The monoisotopic (exact) mass is 268 g/mol. The molecule has 0 saturated heterocycles. The molecule has 2 aliphatic carbocycles. The summed E-state index contributed by atoms with van der Waals surface area (Å²) in [7, 11) is -3.54. The van der Waals surface area contributed by atoms with Gasteiger partial charge in [-0.2, -0.15) is 17.9 Å². The van der Waals surface area contributed by atoms with Crippen LogP contribution >= 0.6 is 0 Å². The van der Waals surface area contributed by atoms with Gasteiger partial charge in [-0.05, 0) is 24.0 Å². The van der Waals surface area contributed by atoms with E-state index in [1.165, 1.54) is 0 Å². The quantitative estimate of drug-likeness (QED) is 0.731. The topological polar surface area (TPSA) is 78.4 Å². The van der Waals surface area contributed by atoms with E-state index in [1.807, 2.05) is 24.3 Å². The fourth-order valence-corrected chi connectivity index (χ4v) is 3.70. The normalized spacial score (nSPS) is 27.2. The van der Waals surface area contributed by atoms with Gasteiger partial charge in [-0.25, -0.2) is 0 Å². The Kier molecular flexibility index (Phi) is 2.90. The predicted molar refractivity (Wildman–Crippen MR) is 67.1 cm³/mol. The molecule has 1 aromatic carbocycles. The summed E-state index contributed by atoms with van der Waals surface area (Å²) in [6, 6.07) is 7.04. The summed E-state index contributed by atoms with van der Waals surface area (Å²) in [6.07, 6.45) is 1.58. The van der Waals surface area contributed by atoms with Gasteiger partial charge in [0, 0.05) is 12.5 Å². The van der Waals surface area contributed by atoms with Crippen LogP contribution in [0, 0.1) is 0 Å². The Morgan fingerprint density at radius 3 is 2.61 bits per heavy atom. The first-order valence-corrected chi connectivity index (χ1v) is 7.59. The Balaban J connectivity index is 1.80. The number of aliphatic hydroxyl groups excluding tert-OH is 1. The van der Waals surface area contributed by atoms with Crippen molar-refractivity contribution in [1.29, 1.82) is 0 Å². The summed E-state index contributed by atoms with van der Waals surface area (Å²) in [5.74, 6) is 0. The summed E-state index contributed by atoms with van der Waals surface area (Å²) in [5, 5.41) is 9.97. The lowest BCUT2D eigenvalue weighted by atomic mass is 10.1. The molecule has 1 fully saturated rings. The fourth-order valence-electron chi connectivity index (χ4n) is 2.34. The van der Waals surface area contributed by atoms with Gasteiger partial charge in [-0.1, -0.05) is 24.3 Å². The smallest absolute Gasteiger partial charge is 0.277 e. The average molecular weight is 268 g/mol. The average Bonchev–Trinajstić information content (AvgIpc) is 3.04. The van der Waals surface area contributed by atoms with Gasteiger partial charge in [0.25, 0.3) is 10.2 Å². The van der Waals surface area contributed by atoms with Crippen LogP contribution in [0.25, 0.3) is 0 Å². The van der Waals surface area contributed by atoms with Crippen molar-refractivity contribution >= 4 is 10.2 Å². The van der Waals surface area contributed by atoms with Crippen LogP contribution < -0.4 is 9.44 Å². The lowest BCUT2D eigenvalue weighted by Crippen LogP contribution is -2.42. The highest BCUT2D eigenvalue weighted by molar-refractivity contribution is 7.87. The second-order valence-electron chi connectivity index (χ2n) is 4.96. The number of fused-ring (bicyclic) bond motifs is 1. The van der Waals surface area contributed by atoms with Crippen LogP contribution in [-0.4, -0.2) is 25.7 Å². The molecule has 3 rings (SSSR count). The van der Waals surface area contributed by atoms with Gasteiger partial charge in [-0.15, -0.1) is 0 Å². The Morgan fingerprint density at radius 2 is 1.89 bits per heavy atom. The fraction of sp³-hybridized carbons (Fsp3) is 0.500. The molecule has 3 N–H and O–H groups in total. The molecule has 2 atom stereocenters. The molecule has 0 spiro atoms. The largest absolute Gasteiger partial charge is 0.391 e. The summed E-state index contributed by atoms with van der Waals surface area (Å²) >= 11 is 0. The molecular formula is C12H16N2O3S. The van der Waals surface area contributed by atoms with Crippen molar-refractivity contribution in [2.45, 2.75) is 37.5 Å². The van der Waals surface area contributed by atoms with Crippen LogP contribution in [0.4, 0.5) is 0 Å². The van der Waals surface area contributed by atoms with Crippen molar-refractivity contribution in [3.63, 3.8) is 0 Å². The van der Waals surface area contributed by atoms with Crippen molar-refractivity contribution in [3.05, 3.63) is 35.4 Å². The van der Waals surface area contributed by atoms with Crippen molar-refractivity contribution in [3.8, 4) is 0 Å². The molecule has 0 unspecified atom stereocenters. The third kappa shape index (κ3) is 2.42. The maximum atomic E-state index is 11.9. The maximum Gasteiger partial charge on any atom is 0.277 e. The lowest BCUT2D eigenvalue weighted by Gasteiger charge is -2.18. The van der Waals surface area contributed by atoms with Gasteiger partial charge < -0.3 is 5.11 Å². The molecule has 1 aromatic rings. The Hall–Kier alpha value is -0.950. The Labute approximate surface area is 106 Å². The molecule has 0 bridgehead atoms. The van der Waals surface area contributed by atoms with Gasteiger partial charge in [0.15, 0.2) is 0 Å². The van der Waals surface area contributed by atoms with Crippen molar-refractivity contribution in [2.75, 3.05) is 0 Å². The molecule has 0 aliphatic heterocycles. The first-order valence-electron chi connectivity index (χ1n) is 6.10. The molecule has 6 heteroatoms. The van der Waals surface area contributed by atoms with E-state index >= 15 is 0 Å². The van der Waals surface area contributed by atoms with Crippen molar-refractivity contribution in [2.24, 2.45) is 0 Å². The molecule has 5 nitrogen and oxygen atoms in total. The third-order valence-electron chi connectivity index (χ3n) is 3.39. The molecule has 0 aromatic heterocycles. The minimum Gasteiger partial charge on any atom is -0.391 e. The van der Waals surface area contributed by atoms with E-state index in [4.69, 9.17) is 0 Å². The van der Waals surface area contributed by atoms with Crippen molar-refractivity contribution < 1.29 is 13.5 Å². The van der Waals surface area contributed by atoms with Gasteiger partial charge >= 0.3 is 0 Å². The number of hydrogen-bond donors (Lipinski definition) is 3. The highest BCUT2D eigenvalue weighted by atomic mass is 32.2. The van der Waals surface area contributed by atoms with E-state index in [1.54, 1.807) is 0 Å². The molecule has 0 heterocycles. The van der Waals surface area contributed by atoms with E-state index in [0.717, 1.165) is 24.0 Å². The summed E-state index contributed by atoms with van der Waals surface area (Å²) in [4.78, 5) is 0. The van der Waals surface area contributed by atoms with Gasteiger partial charge in [0.2, 0.25) is 0 Å². The standard InChI is InChI=1S/C12H16N2O3S/c15-11-7-8-3-1-2-4-10(8)12(11)14-18(16,17)13-9-5-6-9/h1-4,9,11-15H,5-7H2/t11-,12+/m0/s1. The van der Waals surface area contributed by atoms with Crippen LogP contribution in [0.1, 0.15) is 30.0 Å². The predicted octanol–water partition coefficient (Wildman–Crippen LogP) is 0.231. The van der Waals surface area contributed by atoms with Crippen LogP contribution in [-0.2, 0) is 16.6 Å². The number of rotatable bonds is 4. The zero-order valence-electron chi connectivity index (χ0n) is 9.83. The minimum absolute atomic E-state index is 0.0660. The molecule has 18 heavy (non-hydrogen) atoms. The van der Waals surface area contributed by atoms with E-state index in [0.29, 0.717) is 6.42 Å². The SMILES string of the molecule is O=S(=O)(NC1CC1)N[C@@H]1c2ccccc2C[C@@H]1O. The summed E-state index contributed by atoms with van der Waals surface area (Å²) < 4.78 is 28.8. The summed E-state index contributed by atoms with van der Waals surface area (Å²) in [6.45, 7) is 0. The molecular weight excluding hydrogens is 252 g/mol. The van der Waals surface area contributed by atoms with Gasteiger partial charge in [-0.3, -0.25) is 0 Å². The van der Waals surface area contributed by atoms with E-state index in [9.17, 15) is 13.5 Å². The first-order chi connectivity index (χ1) is 8.55. The molecule has 0 amide bonds. The number of aliphatic hydroxyl groups is 1. The van der Waals surface area contributed by atoms with Crippen LogP contribution in [0.5, 0.6) is 0 Å². The van der Waals surface area contributed by atoms with Crippen molar-refractivity contribution in [1.82, 2.24) is 9.44 Å². The number of nitrogens with one attached hydrogen (secondary N) is 2. The second-order valence-corrected chi connectivity index (χ2v) is 6.44. The molecule has 0 radical (unpaired) electrons. The molecule has 98 valence electrons. The number of benzene rings is 1. The maximum absolute atomic E-state index is 11.9. The zero-order valence-corrected chi connectivity index (χ0v) is 10.7. The number of hydrogen-bond acceptors (Lipinski definition) is 3. The minimum atomic E-state index is -3.54. The highest BCUT2D eigenvalue weighted by Crippen LogP contribution is 2.31. The van der Waals surface area contributed by atoms with Crippen LogP contribution in [0.15, 0.2) is 24.3 Å². The molecule has 1 saturated carbocycles. The summed E-state index contributed by atoms with van der Waals surface area (Å²) in [5.41, 5.74) is 1.87. The second kappa shape index (κ2) is 4.31. The lowest BCUT2D eigenvalue weighted by molar-refractivity contribution is 0.151. The highest BCUT2D eigenvalue weighted by Gasteiger charge is 2.35. The van der Waals surface area contributed by atoms with E-state index in [-0.39, 0.29) is 6.04 Å². The Bertz CT molecular complexity index is 554. The zero-order chi connectivity index (χ0) is 12.8. The third-order valence-corrected chi connectivity index (χ3v) is 4.59.